The minimum atomic E-state index is -0.962. The topological polar surface area (TPSA) is 99.9 Å². The third-order valence-corrected chi connectivity index (χ3v) is 3.04. The molecule has 0 fully saturated rings. The Bertz CT molecular complexity index is 895. The summed E-state index contributed by atoms with van der Waals surface area (Å²) in [7, 11) is 0. The van der Waals surface area contributed by atoms with E-state index < -0.39 is 22.6 Å². The second-order valence-electron chi connectivity index (χ2n) is 4.59. The zero-order valence-electron chi connectivity index (χ0n) is 12.4. The lowest BCUT2D eigenvalue weighted by Gasteiger charge is -2.11. The quantitative estimate of drug-likeness (QED) is 0.481. The number of benzene rings is 1. The van der Waals surface area contributed by atoms with Gasteiger partial charge in [0, 0.05) is 13.8 Å². The van der Waals surface area contributed by atoms with Crippen molar-refractivity contribution in [2.45, 2.75) is 20.8 Å². The standard InChI is InChI=1S/C15H11ClO7/c1-6-11(15(16)20)12(19)9-4-5-10(22-7(2)17)14(13(9)21-6)23-8(3)18/h4-5H,1-3H3. The minimum Gasteiger partial charge on any atom is -0.456 e. The molecule has 0 amide bonds. The molecule has 0 N–H and O–H groups in total. The molecule has 0 aliphatic rings. The lowest BCUT2D eigenvalue weighted by atomic mass is 10.1. The number of hydrogen-bond acceptors (Lipinski definition) is 7. The Morgan fingerprint density at radius 1 is 1.09 bits per heavy atom. The summed E-state index contributed by atoms with van der Waals surface area (Å²) in [5.74, 6) is -1.71. The summed E-state index contributed by atoms with van der Waals surface area (Å²) in [6.07, 6.45) is 0. The highest BCUT2D eigenvalue weighted by atomic mass is 35.5. The Hall–Kier alpha value is -2.67. The highest BCUT2D eigenvalue weighted by molar-refractivity contribution is 6.67. The van der Waals surface area contributed by atoms with Crippen molar-refractivity contribution in [1.82, 2.24) is 0 Å². The maximum atomic E-state index is 12.3. The molecule has 23 heavy (non-hydrogen) atoms. The summed E-state index contributed by atoms with van der Waals surface area (Å²) in [5, 5.41) is -0.997. The molecule has 8 heteroatoms. The molecule has 0 aliphatic carbocycles. The highest BCUT2D eigenvalue weighted by Gasteiger charge is 2.23. The van der Waals surface area contributed by atoms with Crippen LogP contribution in [0.15, 0.2) is 21.3 Å². The molecular formula is C15H11ClO7. The van der Waals surface area contributed by atoms with Crippen LogP contribution in [-0.4, -0.2) is 17.2 Å². The molecule has 0 saturated heterocycles. The van der Waals surface area contributed by atoms with E-state index in [2.05, 4.69) is 0 Å². The molecule has 7 nitrogen and oxygen atoms in total. The van der Waals surface area contributed by atoms with Gasteiger partial charge in [0.1, 0.15) is 11.3 Å². The molecule has 0 bridgehead atoms. The fourth-order valence-corrected chi connectivity index (χ4v) is 2.25. The monoisotopic (exact) mass is 338 g/mol. The Balaban J connectivity index is 2.87. The van der Waals surface area contributed by atoms with E-state index in [0.717, 1.165) is 6.92 Å². The lowest BCUT2D eigenvalue weighted by Crippen LogP contribution is -2.15. The number of aryl methyl sites for hydroxylation is 1. The van der Waals surface area contributed by atoms with Crippen molar-refractivity contribution in [3.05, 3.63) is 33.7 Å². The first-order chi connectivity index (χ1) is 10.7. The van der Waals surface area contributed by atoms with Gasteiger partial charge in [-0.2, -0.15) is 0 Å². The third-order valence-electron chi connectivity index (χ3n) is 2.85. The van der Waals surface area contributed by atoms with E-state index >= 15 is 0 Å². The minimum absolute atomic E-state index is 0.0354. The van der Waals surface area contributed by atoms with E-state index in [9.17, 15) is 19.2 Å². The number of carbonyl (C=O) groups excluding carboxylic acids is 3. The van der Waals surface area contributed by atoms with Crippen LogP contribution in [0.4, 0.5) is 0 Å². The van der Waals surface area contributed by atoms with Crippen LogP contribution in [0.5, 0.6) is 11.5 Å². The molecule has 120 valence electrons. The summed E-state index contributed by atoms with van der Waals surface area (Å²) in [5.41, 5.74) is -1.11. The van der Waals surface area contributed by atoms with E-state index in [1.807, 2.05) is 0 Å². The molecule has 2 aromatic rings. The van der Waals surface area contributed by atoms with Gasteiger partial charge >= 0.3 is 11.9 Å². The largest absolute Gasteiger partial charge is 0.456 e. The molecule has 0 radical (unpaired) electrons. The molecule has 2 rings (SSSR count). The second-order valence-corrected chi connectivity index (χ2v) is 4.94. The highest BCUT2D eigenvalue weighted by Crippen LogP contribution is 2.36. The Labute approximate surface area is 134 Å². The fourth-order valence-electron chi connectivity index (χ4n) is 2.03. The van der Waals surface area contributed by atoms with Crippen molar-refractivity contribution < 1.29 is 28.3 Å². The molecule has 1 heterocycles. The molecule has 0 atom stereocenters. The van der Waals surface area contributed by atoms with Crippen LogP contribution in [0.3, 0.4) is 0 Å². The number of halogens is 1. The predicted molar refractivity (Wildman–Crippen MR) is 80.0 cm³/mol. The number of fused-ring (bicyclic) bond motifs is 1. The van der Waals surface area contributed by atoms with Crippen LogP contribution in [0, 0.1) is 6.92 Å². The van der Waals surface area contributed by atoms with E-state index in [1.54, 1.807) is 0 Å². The Morgan fingerprint density at radius 3 is 2.22 bits per heavy atom. The van der Waals surface area contributed by atoms with Crippen molar-refractivity contribution >= 4 is 39.8 Å². The van der Waals surface area contributed by atoms with Gasteiger partial charge in [-0.05, 0) is 30.7 Å². The zero-order valence-corrected chi connectivity index (χ0v) is 13.1. The van der Waals surface area contributed by atoms with Gasteiger partial charge < -0.3 is 13.9 Å². The maximum Gasteiger partial charge on any atom is 0.308 e. The first kappa shape index (κ1) is 16.7. The van der Waals surface area contributed by atoms with E-state index in [0.29, 0.717) is 0 Å². The van der Waals surface area contributed by atoms with Crippen LogP contribution >= 0.6 is 11.6 Å². The summed E-state index contributed by atoms with van der Waals surface area (Å²) < 4.78 is 15.4. The molecule has 0 saturated carbocycles. The van der Waals surface area contributed by atoms with Gasteiger partial charge in [-0.1, -0.05) is 0 Å². The van der Waals surface area contributed by atoms with Crippen molar-refractivity contribution in [3.63, 3.8) is 0 Å². The molecule has 1 aromatic heterocycles. The second kappa shape index (κ2) is 6.21. The van der Waals surface area contributed by atoms with E-state index in [-0.39, 0.29) is 33.8 Å². The van der Waals surface area contributed by atoms with Gasteiger partial charge in [-0.25, -0.2) is 0 Å². The summed E-state index contributed by atoms with van der Waals surface area (Å²) in [6, 6.07) is 2.55. The number of esters is 2. The SMILES string of the molecule is CC(=O)Oc1ccc2c(=O)c(C(=O)Cl)c(C)oc2c1OC(C)=O. The van der Waals surface area contributed by atoms with Gasteiger partial charge in [0.2, 0.25) is 11.2 Å². The van der Waals surface area contributed by atoms with Gasteiger partial charge in [0.15, 0.2) is 11.3 Å². The number of rotatable bonds is 3. The summed E-state index contributed by atoms with van der Waals surface area (Å²) in [4.78, 5) is 46.1. The van der Waals surface area contributed by atoms with Gasteiger partial charge in [-0.15, -0.1) is 0 Å². The van der Waals surface area contributed by atoms with Crippen LogP contribution < -0.4 is 14.9 Å². The van der Waals surface area contributed by atoms with E-state index in [1.165, 1.54) is 26.0 Å². The Morgan fingerprint density at radius 2 is 1.70 bits per heavy atom. The molecule has 0 aliphatic heterocycles. The smallest absolute Gasteiger partial charge is 0.308 e. The lowest BCUT2D eigenvalue weighted by molar-refractivity contribution is -0.134. The van der Waals surface area contributed by atoms with Gasteiger partial charge in [0.25, 0.3) is 5.24 Å². The number of ether oxygens (including phenoxy) is 2. The third kappa shape index (κ3) is 3.24. The predicted octanol–water partition coefficient (Wildman–Crippen LogP) is 2.33. The number of carbonyl (C=O) groups is 3. The van der Waals surface area contributed by atoms with Crippen LogP contribution in [0.2, 0.25) is 0 Å². The van der Waals surface area contributed by atoms with E-state index in [4.69, 9.17) is 25.5 Å². The van der Waals surface area contributed by atoms with Crippen molar-refractivity contribution in [1.29, 1.82) is 0 Å². The van der Waals surface area contributed by atoms with Crippen molar-refractivity contribution in [2.75, 3.05) is 0 Å². The molecule has 1 aromatic carbocycles. The first-order valence-electron chi connectivity index (χ1n) is 6.39. The summed E-state index contributed by atoms with van der Waals surface area (Å²) >= 11 is 5.38. The van der Waals surface area contributed by atoms with Crippen LogP contribution in [0.25, 0.3) is 11.0 Å². The Kier molecular flexibility index (Phi) is 4.51. The normalized spacial score (nSPS) is 10.4. The van der Waals surface area contributed by atoms with Gasteiger partial charge in [0.05, 0.1) is 5.39 Å². The molecule has 0 unspecified atom stereocenters. The average Bonchev–Trinajstić information content (AvgIpc) is 2.40. The number of hydrogen-bond donors (Lipinski definition) is 0. The van der Waals surface area contributed by atoms with Gasteiger partial charge in [-0.3, -0.25) is 19.2 Å². The average molecular weight is 339 g/mol. The van der Waals surface area contributed by atoms with Crippen LogP contribution in [-0.2, 0) is 9.59 Å². The molecule has 0 spiro atoms. The molecular weight excluding hydrogens is 328 g/mol. The van der Waals surface area contributed by atoms with Crippen LogP contribution in [0.1, 0.15) is 30.0 Å². The summed E-state index contributed by atoms with van der Waals surface area (Å²) in [6.45, 7) is 3.67. The zero-order chi connectivity index (χ0) is 17.3. The maximum absolute atomic E-state index is 12.3. The van der Waals surface area contributed by atoms with Crippen molar-refractivity contribution in [2.24, 2.45) is 0 Å². The van der Waals surface area contributed by atoms with Crippen molar-refractivity contribution in [3.8, 4) is 11.5 Å². The first-order valence-corrected chi connectivity index (χ1v) is 6.77. The fraction of sp³-hybridized carbons (Fsp3) is 0.200.